The van der Waals surface area contributed by atoms with E-state index >= 15 is 0 Å². The van der Waals surface area contributed by atoms with Crippen molar-refractivity contribution >= 4 is 5.97 Å². The van der Waals surface area contributed by atoms with Gasteiger partial charge in [0.2, 0.25) is 5.82 Å². The van der Waals surface area contributed by atoms with Crippen molar-refractivity contribution in [2.24, 2.45) is 0 Å². The summed E-state index contributed by atoms with van der Waals surface area (Å²) < 4.78 is 28.6. The monoisotopic (exact) mass is 409 g/mol. The van der Waals surface area contributed by atoms with Gasteiger partial charge in [0.1, 0.15) is 17.3 Å². The van der Waals surface area contributed by atoms with Crippen LogP contribution in [0.3, 0.4) is 0 Å². The number of nitrogens with zero attached hydrogens (tertiary/aromatic N) is 4. The fourth-order valence-electron chi connectivity index (χ4n) is 2.66. The fourth-order valence-corrected chi connectivity index (χ4v) is 2.66. The number of benzene rings is 2. The number of aromatic nitrogens is 5. The molecule has 0 radical (unpaired) electrons. The normalized spacial score (nSPS) is 10.7. The molecule has 0 amide bonds. The molecule has 0 atom stereocenters. The molecule has 0 fully saturated rings. The molecule has 0 aliphatic heterocycles. The lowest BCUT2D eigenvalue weighted by Crippen LogP contribution is -2.06. The summed E-state index contributed by atoms with van der Waals surface area (Å²) in [4.78, 5) is 16.3. The van der Waals surface area contributed by atoms with Crippen molar-refractivity contribution in [3.63, 3.8) is 0 Å². The Bertz CT molecular complexity index is 1140. The van der Waals surface area contributed by atoms with Gasteiger partial charge in [0.25, 0.3) is 5.89 Å². The van der Waals surface area contributed by atoms with Crippen LogP contribution in [0.5, 0.6) is 5.75 Å². The summed E-state index contributed by atoms with van der Waals surface area (Å²) in [5.74, 6) is 0.259. The van der Waals surface area contributed by atoms with Crippen molar-refractivity contribution in [2.75, 3.05) is 6.61 Å². The van der Waals surface area contributed by atoms with Gasteiger partial charge in [-0.05, 0) is 31.2 Å². The highest BCUT2D eigenvalue weighted by atomic mass is 19.1. The molecular formula is C20H16FN5O4. The molecule has 0 saturated carbocycles. The third kappa shape index (κ3) is 4.17. The number of carbonyl (C=O) groups excluding carboxylic acids is 1. The molecule has 9 nitrogen and oxygen atoms in total. The molecule has 4 aromatic rings. The van der Waals surface area contributed by atoms with E-state index in [4.69, 9.17) is 14.0 Å². The van der Waals surface area contributed by atoms with E-state index in [1.165, 1.54) is 24.3 Å². The minimum Gasteiger partial charge on any atom is -0.484 e. The fraction of sp³-hybridized carbons (Fsp3) is 0.150. The molecule has 2 aromatic heterocycles. The Kier molecular flexibility index (Phi) is 5.46. The van der Waals surface area contributed by atoms with Crippen LogP contribution in [-0.2, 0) is 11.3 Å². The molecule has 0 aliphatic carbocycles. The van der Waals surface area contributed by atoms with Crippen molar-refractivity contribution in [2.45, 2.75) is 13.5 Å². The molecule has 0 spiro atoms. The van der Waals surface area contributed by atoms with Gasteiger partial charge in [-0.2, -0.15) is 15.3 Å². The molecule has 0 saturated heterocycles. The Hall–Kier alpha value is -4.08. The van der Waals surface area contributed by atoms with E-state index < -0.39 is 5.97 Å². The third-order valence-corrected chi connectivity index (χ3v) is 4.08. The minimum absolute atomic E-state index is 0.0541. The van der Waals surface area contributed by atoms with Crippen molar-refractivity contribution in [3.05, 3.63) is 65.9 Å². The smallest absolute Gasteiger partial charge is 0.361 e. The highest BCUT2D eigenvalue weighted by Crippen LogP contribution is 2.24. The molecule has 1 N–H and O–H groups in total. The summed E-state index contributed by atoms with van der Waals surface area (Å²) in [6.45, 7) is 2.02. The SMILES string of the molecule is CCOC(=O)c1n[nH]nc1-c1ccc(-c2noc(COc3ccc(F)cc3)n2)cc1. The zero-order valence-corrected chi connectivity index (χ0v) is 15.8. The average molecular weight is 409 g/mol. The predicted molar refractivity (Wildman–Crippen MR) is 102 cm³/mol. The molecule has 152 valence electrons. The van der Waals surface area contributed by atoms with Crippen molar-refractivity contribution < 1.29 is 23.2 Å². The summed E-state index contributed by atoms with van der Waals surface area (Å²) in [5, 5.41) is 14.3. The van der Waals surface area contributed by atoms with Gasteiger partial charge in [-0.15, -0.1) is 5.10 Å². The van der Waals surface area contributed by atoms with Gasteiger partial charge in [-0.1, -0.05) is 29.4 Å². The summed E-state index contributed by atoms with van der Waals surface area (Å²) in [5.41, 5.74) is 1.89. The molecule has 4 rings (SSSR count). The molecule has 2 aromatic carbocycles. The van der Waals surface area contributed by atoms with E-state index in [0.717, 1.165) is 0 Å². The topological polar surface area (TPSA) is 116 Å². The number of H-pyrrole nitrogens is 1. The van der Waals surface area contributed by atoms with Crippen LogP contribution < -0.4 is 4.74 Å². The number of nitrogens with one attached hydrogen (secondary N) is 1. The Labute approximate surface area is 169 Å². The van der Waals surface area contributed by atoms with E-state index in [1.807, 2.05) is 0 Å². The number of ether oxygens (including phenoxy) is 2. The standard InChI is InChI=1S/C20H16FN5O4/c1-2-28-20(27)18-17(23-26-24-18)12-3-5-13(6-4-12)19-22-16(30-25-19)11-29-15-9-7-14(21)8-10-15/h3-10H,2,11H2,1H3,(H,23,24,26). The molecule has 0 aliphatic rings. The van der Waals surface area contributed by atoms with Gasteiger partial charge >= 0.3 is 5.97 Å². The second-order valence-corrected chi connectivity index (χ2v) is 6.07. The lowest BCUT2D eigenvalue weighted by molar-refractivity contribution is 0.0520. The van der Waals surface area contributed by atoms with Gasteiger partial charge < -0.3 is 14.0 Å². The van der Waals surface area contributed by atoms with Crippen LogP contribution in [0.1, 0.15) is 23.3 Å². The maximum atomic E-state index is 12.9. The number of aromatic amines is 1. The number of esters is 1. The van der Waals surface area contributed by atoms with Crippen molar-refractivity contribution in [1.29, 1.82) is 0 Å². The van der Waals surface area contributed by atoms with E-state index in [9.17, 15) is 9.18 Å². The number of carbonyl (C=O) groups is 1. The zero-order valence-electron chi connectivity index (χ0n) is 15.8. The van der Waals surface area contributed by atoms with Gasteiger partial charge in [-0.25, -0.2) is 9.18 Å². The summed E-state index contributed by atoms with van der Waals surface area (Å²) in [7, 11) is 0. The number of hydrogen-bond donors (Lipinski definition) is 1. The van der Waals surface area contributed by atoms with Crippen LogP contribution >= 0.6 is 0 Å². The average Bonchev–Trinajstić information content (AvgIpc) is 3.44. The third-order valence-electron chi connectivity index (χ3n) is 4.08. The van der Waals surface area contributed by atoms with Crippen LogP contribution in [0.4, 0.5) is 4.39 Å². The Morgan fingerprint density at radius 2 is 1.80 bits per heavy atom. The second-order valence-electron chi connectivity index (χ2n) is 6.07. The maximum Gasteiger partial charge on any atom is 0.361 e. The lowest BCUT2D eigenvalue weighted by atomic mass is 10.1. The first-order chi connectivity index (χ1) is 14.6. The Morgan fingerprint density at radius 1 is 1.07 bits per heavy atom. The molecular weight excluding hydrogens is 393 g/mol. The van der Waals surface area contributed by atoms with E-state index in [-0.39, 0.29) is 30.6 Å². The van der Waals surface area contributed by atoms with Crippen LogP contribution in [0.15, 0.2) is 53.1 Å². The van der Waals surface area contributed by atoms with E-state index in [1.54, 1.807) is 31.2 Å². The zero-order chi connectivity index (χ0) is 20.9. The van der Waals surface area contributed by atoms with Crippen LogP contribution in [-0.4, -0.2) is 38.1 Å². The van der Waals surface area contributed by atoms with E-state index in [0.29, 0.717) is 28.4 Å². The lowest BCUT2D eigenvalue weighted by Gasteiger charge is -2.02. The Balaban J connectivity index is 1.46. The summed E-state index contributed by atoms with van der Waals surface area (Å²) in [6.07, 6.45) is 0. The van der Waals surface area contributed by atoms with Crippen molar-refractivity contribution in [3.8, 4) is 28.4 Å². The van der Waals surface area contributed by atoms with Crippen molar-refractivity contribution in [1.82, 2.24) is 25.6 Å². The maximum absolute atomic E-state index is 12.9. The quantitative estimate of drug-likeness (QED) is 0.462. The minimum atomic E-state index is -0.547. The van der Waals surface area contributed by atoms with Gasteiger partial charge in [0, 0.05) is 11.1 Å². The number of rotatable bonds is 7. The van der Waals surface area contributed by atoms with Crippen LogP contribution in [0.2, 0.25) is 0 Å². The molecule has 10 heteroatoms. The predicted octanol–water partition coefficient (Wildman–Crippen LogP) is 3.42. The number of hydrogen-bond acceptors (Lipinski definition) is 8. The van der Waals surface area contributed by atoms with Gasteiger partial charge in [-0.3, -0.25) is 0 Å². The molecule has 0 bridgehead atoms. The molecule has 2 heterocycles. The van der Waals surface area contributed by atoms with Gasteiger partial charge in [0.05, 0.1) is 6.61 Å². The highest BCUT2D eigenvalue weighted by Gasteiger charge is 2.19. The largest absolute Gasteiger partial charge is 0.484 e. The first kappa shape index (κ1) is 19.2. The first-order valence-corrected chi connectivity index (χ1v) is 9.03. The van der Waals surface area contributed by atoms with Gasteiger partial charge in [0.15, 0.2) is 12.3 Å². The highest BCUT2D eigenvalue weighted by molar-refractivity contribution is 5.94. The molecule has 0 unspecified atom stereocenters. The number of halogens is 1. The Morgan fingerprint density at radius 3 is 2.53 bits per heavy atom. The second kappa shape index (κ2) is 8.52. The molecule has 30 heavy (non-hydrogen) atoms. The summed E-state index contributed by atoms with van der Waals surface area (Å²) >= 11 is 0. The van der Waals surface area contributed by atoms with E-state index in [2.05, 4.69) is 25.6 Å². The van der Waals surface area contributed by atoms with Crippen LogP contribution in [0.25, 0.3) is 22.6 Å². The van der Waals surface area contributed by atoms with Crippen LogP contribution in [0, 0.1) is 5.82 Å². The summed E-state index contributed by atoms with van der Waals surface area (Å²) in [6, 6.07) is 12.7. The first-order valence-electron chi connectivity index (χ1n) is 9.03.